The van der Waals surface area contributed by atoms with E-state index in [9.17, 15) is 0 Å². The van der Waals surface area contributed by atoms with E-state index < -0.39 is 0 Å². The van der Waals surface area contributed by atoms with Gasteiger partial charge < -0.3 is 15.7 Å². The van der Waals surface area contributed by atoms with Gasteiger partial charge in [0.2, 0.25) is 0 Å². The Kier molecular flexibility index (Phi) is 4.55. The van der Waals surface area contributed by atoms with Crippen molar-refractivity contribution in [3.8, 4) is 0 Å². The molecule has 0 radical (unpaired) electrons. The molecule has 0 saturated carbocycles. The maximum absolute atomic E-state index is 8.96. The first-order valence-corrected chi connectivity index (χ1v) is 7.72. The van der Waals surface area contributed by atoms with Crippen molar-refractivity contribution in [1.82, 2.24) is 14.6 Å². The molecule has 6 nitrogen and oxygen atoms in total. The minimum absolute atomic E-state index is 0.0874. The Morgan fingerprint density at radius 3 is 2.91 bits per heavy atom. The third-order valence-electron chi connectivity index (χ3n) is 3.21. The van der Waals surface area contributed by atoms with Crippen LogP contribution >= 0.6 is 15.9 Å². The van der Waals surface area contributed by atoms with Crippen molar-refractivity contribution in [3.05, 3.63) is 52.9 Å². The van der Waals surface area contributed by atoms with Gasteiger partial charge in [0.25, 0.3) is 0 Å². The number of hydrogen-bond acceptors (Lipinski definition) is 5. The van der Waals surface area contributed by atoms with Crippen LogP contribution in [0.25, 0.3) is 5.52 Å². The molecule has 22 heavy (non-hydrogen) atoms. The number of aromatic nitrogens is 3. The molecule has 0 unspecified atom stereocenters. The van der Waals surface area contributed by atoms with E-state index in [0.29, 0.717) is 13.1 Å². The number of aliphatic hydroxyl groups excluding tert-OH is 1. The number of halogens is 1. The SMILES string of the molecule is OCCNc1cc(NCc2cccnc2)n2ncc(Br)c2c1. The lowest BCUT2D eigenvalue weighted by Gasteiger charge is -2.12. The lowest BCUT2D eigenvalue weighted by Crippen LogP contribution is -2.09. The molecule has 0 saturated heterocycles. The second kappa shape index (κ2) is 6.76. The van der Waals surface area contributed by atoms with Crippen molar-refractivity contribution >= 4 is 33.0 Å². The Morgan fingerprint density at radius 2 is 2.14 bits per heavy atom. The molecule has 0 aliphatic carbocycles. The summed E-state index contributed by atoms with van der Waals surface area (Å²) in [6.07, 6.45) is 5.35. The molecule has 3 aromatic rings. The van der Waals surface area contributed by atoms with Crippen molar-refractivity contribution in [1.29, 1.82) is 0 Å². The minimum Gasteiger partial charge on any atom is -0.395 e. The van der Waals surface area contributed by atoms with Crippen LogP contribution < -0.4 is 10.6 Å². The van der Waals surface area contributed by atoms with E-state index in [-0.39, 0.29) is 6.61 Å². The number of pyridine rings is 2. The first kappa shape index (κ1) is 14.8. The van der Waals surface area contributed by atoms with Crippen LogP contribution in [-0.4, -0.2) is 32.9 Å². The molecule has 3 rings (SSSR count). The first-order valence-electron chi connectivity index (χ1n) is 6.93. The van der Waals surface area contributed by atoms with E-state index in [2.05, 4.69) is 36.6 Å². The highest BCUT2D eigenvalue weighted by Crippen LogP contribution is 2.25. The van der Waals surface area contributed by atoms with Crippen LogP contribution in [0.1, 0.15) is 5.56 Å². The first-order chi connectivity index (χ1) is 10.8. The Hall–Kier alpha value is -2.12. The van der Waals surface area contributed by atoms with Gasteiger partial charge in [0.05, 0.1) is 22.8 Å². The maximum Gasteiger partial charge on any atom is 0.130 e. The molecule has 0 aromatic carbocycles. The molecular weight excluding hydrogens is 346 g/mol. The second-order valence-corrected chi connectivity index (χ2v) is 5.64. The fraction of sp³-hybridized carbons (Fsp3) is 0.200. The lowest BCUT2D eigenvalue weighted by atomic mass is 10.3. The summed E-state index contributed by atoms with van der Waals surface area (Å²) in [4.78, 5) is 4.11. The van der Waals surface area contributed by atoms with Gasteiger partial charge >= 0.3 is 0 Å². The van der Waals surface area contributed by atoms with Crippen molar-refractivity contribution in [2.24, 2.45) is 0 Å². The largest absolute Gasteiger partial charge is 0.395 e. The van der Waals surface area contributed by atoms with Gasteiger partial charge in [-0.05, 0) is 33.6 Å². The van der Waals surface area contributed by atoms with Crippen molar-refractivity contribution in [3.63, 3.8) is 0 Å². The summed E-state index contributed by atoms with van der Waals surface area (Å²) in [5.74, 6) is 0.868. The zero-order valence-corrected chi connectivity index (χ0v) is 13.4. The molecule has 0 amide bonds. The van der Waals surface area contributed by atoms with Gasteiger partial charge in [-0.2, -0.15) is 5.10 Å². The summed E-state index contributed by atoms with van der Waals surface area (Å²) in [5.41, 5.74) is 2.98. The van der Waals surface area contributed by atoms with Gasteiger partial charge in [0, 0.05) is 37.2 Å². The Morgan fingerprint density at radius 1 is 1.23 bits per heavy atom. The second-order valence-electron chi connectivity index (χ2n) is 4.78. The normalized spacial score (nSPS) is 10.8. The molecular formula is C15H16BrN5O. The van der Waals surface area contributed by atoms with Gasteiger partial charge in [-0.3, -0.25) is 4.98 Å². The van der Waals surface area contributed by atoms with E-state index in [1.54, 1.807) is 12.4 Å². The lowest BCUT2D eigenvalue weighted by molar-refractivity contribution is 0.311. The summed E-state index contributed by atoms with van der Waals surface area (Å²) in [6, 6.07) is 7.89. The maximum atomic E-state index is 8.96. The molecule has 3 aromatic heterocycles. The number of nitrogens with zero attached hydrogens (tertiary/aromatic N) is 3. The summed E-state index contributed by atoms with van der Waals surface area (Å²) in [5, 5.41) is 19.9. The molecule has 0 bridgehead atoms. The van der Waals surface area contributed by atoms with Crippen LogP contribution in [0.5, 0.6) is 0 Å². The van der Waals surface area contributed by atoms with E-state index in [1.807, 2.05) is 35.0 Å². The number of nitrogens with one attached hydrogen (secondary N) is 2. The number of hydrogen-bond donors (Lipinski definition) is 3. The smallest absolute Gasteiger partial charge is 0.130 e. The molecule has 3 N–H and O–H groups in total. The molecule has 0 fully saturated rings. The third kappa shape index (κ3) is 3.20. The molecule has 3 heterocycles. The van der Waals surface area contributed by atoms with E-state index in [0.717, 1.165) is 27.1 Å². The predicted molar refractivity (Wildman–Crippen MR) is 90.0 cm³/mol. The number of aliphatic hydroxyl groups is 1. The highest BCUT2D eigenvalue weighted by Gasteiger charge is 2.08. The van der Waals surface area contributed by atoms with Gasteiger partial charge in [0.15, 0.2) is 0 Å². The van der Waals surface area contributed by atoms with Crippen LogP contribution in [0, 0.1) is 0 Å². The fourth-order valence-electron chi connectivity index (χ4n) is 2.18. The molecule has 0 spiro atoms. The third-order valence-corrected chi connectivity index (χ3v) is 3.82. The van der Waals surface area contributed by atoms with Gasteiger partial charge in [-0.15, -0.1) is 0 Å². The summed E-state index contributed by atoms with van der Waals surface area (Å²) < 4.78 is 2.76. The van der Waals surface area contributed by atoms with E-state index in [4.69, 9.17) is 5.11 Å². The molecule has 114 valence electrons. The van der Waals surface area contributed by atoms with Crippen LogP contribution in [-0.2, 0) is 6.54 Å². The van der Waals surface area contributed by atoms with Crippen LogP contribution in [0.4, 0.5) is 11.5 Å². The van der Waals surface area contributed by atoms with Crippen LogP contribution in [0.2, 0.25) is 0 Å². The number of fused-ring (bicyclic) bond motifs is 1. The Bertz CT molecular complexity index is 759. The molecule has 7 heteroatoms. The van der Waals surface area contributed by atoms with Crippen LogP contribution in [0.15, 0.2) is 47.3 Å². The van der Waals surface area contributed by atoms with Crippen molar-refractivity contribution in [2.45, 2.75) is 6.54 Å². The zero-order valence-electron chi connectivity index (χ0n) is 11.8. The molecule has 0 atom stereocenters. The highest BCUT2D eigenvalue weighted by atomic mass is 79.9. The molecule has 0 aliphatic heterocycles. The Balaban J connectivity index is 1.89. The zero-order chi connectivity index (χ0) is 15.4. The van der Waals surface area contributed by atoms with E-state index in [1.165, 1.54) is 0 Å². The average molecular weight is 362 g/mol. The summed E-state index contributed by atoms with van der Waals surface area (Å²) in [7, 11) is 0. The standard InChI is InChI=1S/C15H16BrN5O/c16-13-10-20-21-14(13)6-12(18-4-5-22)7-15(21)19-9-11-2-1-3-17-8-11/h1-3,6-8,10,18-19,22H,4-5,9H2. The minimum atomic E-state index is 0.0874. The van der Waals surface area contributed by atoms with Gasteiger partial charge in [-0.1, -0.05) is 6.07 Å². The topological polar surface area (TPSA) is 74.5 Å². The fourth-order valence-corrected chi connectivity index (χ4v) is 2.55. The Labute approximate surface area is 136 Å². The van der Waals surface area contributed by atoms with Crippen LogP contribution in [0.3, 0.4) is 0 Å². The monoisotopic (exact) mass is 361 g/mol. The summed E-state index contributed by atoms with van der Waals surface area (Å²) >= 11 is 3.50. The number of anilines is 2. The quantitative estimate of drug-likeness (QED) is 0.628. The highest BCUT2D eigenvalue weighted by molar-refractivity contribution is 9.10. The predicted octanol–water partition coefficient (Wildman–Crippen LogP) is 2.51. The number of rotatable bonds is 6. The van der Waals surface area contributed by atoms with Crippen molar-refractivity contribution in [2.75, 3.05) is 23.8 Å². The van der Waals surface area contributed by atoms with E-state index >= 15 is 0 Å². The molecule has 0 aliphatic rings. The van der Waals surface area contributed by atoms with Gasteiger partial charge in [0.1, 0.15) is 5.82 Å². The average Bonchev–Trinajstić information content (AvgIpc) is 2.93. The van der Waals surface area contributed by atoms with Gasteiger partial charge in [-0.25, -0.2) is 4.52 Å². The van der Waals surface area contributed by atoms with Crippen molar-refractivity contribution < 1.29 is 5.11 Å². The summed E-state index contributed by atoms with van der Waals surface area (Å²) in [6.45, 7) is 1.25.